The summed E-state index contributed by atoms with van der Waals surface area (Å²) in [6.07, 6.45) is 3.65. The van der Waals surface area contributed by atoms with E-state index >= 15 is 0 Å². The van der Waals surface area contributed by atoms with Crippen LogP contribution in [0, 0.1) is 10.1 Å². The van der Waals surface area contributed by atoms with Gasteiger partial charge in [0.15, 0.2) is 17.2 Å². The molecule has 0 bridgehead atoms. The lowest BCUT2D eigenvalue weighted by Crippen LogP contribution is -1.95. The van der Waals surface area contributed by atoms with Crippen molar-refractivity contribution in [2.45, 2.75) is 0 Å². The number of nitro groups is 1. The van der Waals surface area contributed by atoms with Gasteiger partial charge in [-0.05, 0) is 35.4 Å². The first-order valence-corrected chi connectivity index (χ1v) is 7.34. The third-order valence-corrected chi connectivity index (χ3v) is 3.56. The zero-order valence-electron chi connectivity index (χ0n) is 14.4. The van der Waals surface area contributed by atoms with Crippen LogP contribution >= 0.6 is 0 Å². The Labute approximate surface area is 145 Å². The minimum Gasteiger partial charge on any atom is -0.493 e. The van der Waals surface area contributed by atoms with Crippen LogP contribution in [0.4, 0.5) is 5.69 Å². The van der Waals surface area contributed by atoms with E-state index in [9.17, 15) is 10.1 Å². The predicted octanol–water partition coefficient (Wildman–Crippen LogP) is 3.80. The number of methoxy groups -OCH3 is 4. The van der Waals surface area contributed by atoms with E-state index in [4.69, 9.17) is 18.9 Å². The molecule has 0 saturated heterocycles. The highest BCUT2D eigenvalue weighted by atomic mass is 16.6. The van der Waals surface area contributed by atoms with Crippen LogP contribution in [0.1, 0.15) is 11.1 Å². The third kappa shape index (κ3) is 4.00. The van der Waals surface area contributed by atoms with Crippen LogP contribution in [0.15, 0.2) is 30.3 Å². The Balaban J connectivity index is 2.37. The molecule has 25 heavy (non-hydrogen) atoms. The predicted molar refractivity (Wildman–Crippen MR) is 94.7 cm³/mol. The molecule has 2 rings (SSSR count). The van der Waals surface area contributed by atoms with Gasteiger partial charge in [0.1, 0.15) is 0 Å². The molecule has 0 aliphatic carbocycles. The molecular formula is C18H19NO6. The van der Waals surface area contributed by atoms with E-state index in [1.54, 1.807) is 45.6 Å². The van der Waals surface area contributed by atoms with Gasteiger partial charge in [0.05, 0.1) is 33.4 Å². The lowest BCUT2D eigenvalue weighted by atomic mass is 10.1. The highest BCUT2D eigenvalue weighted by Gasteiger charge is 2.14. The molecule has 0 aliphatic rings. The molecule has 0 N–H and O–H groups in total. The van der Waals surface area contributed by atoms with E-state index in [1.165, 1.54) is 13.2 Å². The fourth-order valence-corrected chi connectivity index (χ4v) is 2.34. The molecule has 0 heterocycles. The van der Waals surface area contributed by atoms with Crippen LogP contribution in [0.3, 0.4) is 0 Å². The summed E-state index contributed by atoms with van der Waals surface area (Å²) in [5.74, 6) is 1.81. The lowest BCUT2D eigenvalue weighted by molar-refractivity contribution is -0.385. The molecule has 0 unspecified atom stereocenters. The van der Waals surface area contributed by atoms with E-state index < -0.39 is 4.92 Å². The summed E-state index contributed by atoms with van der Waals surface area (Å²) in [5, 5.41) is 10.9. The quantitative estimate of drug-likeness (QED) is 0.431. The Morgan fingerprint density at radius 2 is 1.32 bits per heavy atom. The molecule has 0 atom stereocenters. The van der Waals surface area contributed by atoms with Crippen LogP contribution < -0.4 is 18.9 Å². The maximum Gasteiger partial charge on any atom is 0.310 e. The first kappa shape index (κ1) is 18.1. The molecule has 0 spiro atoms. The van der Waals surface area contributed by atoms with Gasteiger partial charge in [-0.3, -0.25) is 10.1 Å². The number of hydrogen-bond acceptors (Lipinski definition) is 6. The number of ether oxygens (including phenoxy) is 4. The van der Waals surface area contributed by atoms with Gasteiger partial charge < -0.3 is 18.9 Å². The van der Waals surface area contributed by atoms with E-state index in [-0.39, 0.29) is 11.4 Å². The normalized spacial score (nSPS) is 10.6. The first-order chi connectivity index (χ1) is 12.0. The highest BCUT2D eigenvalue weighted by molar-refractivity contribution is 5.74. The van der Waals surface area contributed by atoms with E-state index in [1.807, 2.05) is 12.2 Å². The second-order valence-corrected chi connectivity index (χ2v) is 4.98. The maximum absolute atomic E-state index is 10.9. The lowest BCUT2D eigenvalue weighted by Gasteiger charge is -2.12. The van der Waals surface area contributed by atoms with Gasteiger partial charge in [0.25, 0.3) is 0 Å². The Bertz CT molecular complexity index is 775. The van der Waals surface area contributed by atoms with E-state index in [0.717, 1.165) is 11.1 Å². The first-order valence-electron chi connectivity index (χ1n) is 7.34. The zero-order chi connectivity index (χ0) is 18.4. The average Bonchev–Trinajstić information content (AvgIpc) is 2.64. The van der Waals surface area contributed by atoms with Crippen molar-refractivity contribution in [1.29, 1.82) is 0 Å². The van der Waals surface area contributed by atoms with Crippen molar-refractivity contribution in [3.63, 3.8) is 0 Å². The maximum atomic E-state index is 10.9. The average molecular weight is 345 g/mol. The number of benzene rings is 2. The van der Waals surface area contributed by atoms with Crippen LogP contribution in [0.5, 0.6) is 23.0 Å². The SMILES string of the molecule is COc1cc(/C=C/c2cc(OC)c(OC)c(OC)c2)ccc1[N+](=O)[O-]. The molecule has 0 amide bonds. The number of rotatable bonds is 7. The Morgan fingerprint density at radius 1 is 0.800 bits per heavy atom. The highest BCUT2D eigenvalue weighted by Crippen LogP contribution is 2.38. The summed E-state index contributed by atoms with van der Waals surface area (Å²) >= 11 is 0. The minimum atomic E-state index is -0.481. The molecule has 0 aromatic heterocycles. The largest absolute Gasteiger partial charge is 0.493 e. The summed E-state index contributed by atoms with van der Waals surface area (Å²) in [6.45, 7) is 0. The van der Waals surface area contributed by atoms with Crippen LogP contribution in [-0.2, 0) is 0 Å². The monoisotopic (exact) mass is 345 g/mol. The zero-order valence-corrected chi connectivity index (χ0v) is 14.4. The van der Waals surface area contributed by atoms with Gasteiger partial charge >= 0.3 is 5.69 Å². The van der Waals surface area contributed by atoms with Crippen molar-refractivity contribution >= 4 is 17.8 Å². The van der Waals surface area contributed by atoms with Gasteiger partial charge in [-0.15, -0.1) is 0 Å². The third-order valence-electron chi connectivity index (χ3n) is 3.56. The van der Waals surface area contributed by atoms with Gasteiger partial charge in [-0.2, -0.15) is 0 Å². The fraction of sp³-hybridized carbons (Fsp3) is 0.222. The molecule has 0 saturated carbocycles. The van der Waals surface area contributed by atoms with Crippen LogP contribution in [0.25, 0.3) is 12.2 Å². The van der Waals surface area contributed by atoms with E-state index in [0.29, 0.717) is 17.2 Å². The minimum absolute atomic E-state index is 0.0764. The Hall–Kier alpha value is -3.22. The Morgan fingerprint density at radius 3 is 1.80 bits per heavy atom. The van der Waals surface area contributed by atoms with Gasteiger partial charge in [-0.25, -0.2) is 0 Å². The molecular weight excluding hydrogens is 326 g/mol. The topological polar surface area (TPSA) is 80.1 Å². The van der Waals surface area contributed by atoms with Crippen LogP contribution in [0.2, 0.25) is 0 Å². The Kier molecular flexibility index (Phi) is 5.84. The molecule has 0 radical (unpaired) electrons. The van der Waals surface area contributed by atoms with Gasteiger partial charge in [0.2, 0.25) is 5.75 Å². The van der Waals surface area contributed by atoms with Crippen molar-refractivity contribution in [1.82, 2.24) is 0 Å². The standard InChI is InChI=1S/C18H19NO6/c1-22-15-9-12(7-8-14(15)19(20)21)5-6-13-10-16(23-2)18(25-4)17(11-13)24-3/h5-11H,1-4H3/b6-5+. The number of nitrogens with zero attached hydrogens (tertiary/aromatic N) is 1. The van der Waals surface area contributed by atoms with E-state index in [2.05, 4.69) is 0 Å². The van der Waals surface area contributed by atoms with Crippen LogP contribution in [-0.4, -0.2) is 33.4 Å². The smallest absolute Gasteiger partial charge is 0.310 e. The summed E-state index contributed by atoms with van der Waals surface area (Å²) in [5.41, 5.74) is 1.51. The molecule has 2 aromatic carbocycles. The van der Waals surface area contributed by atoms with Crippen molar-refractivity contribution in [2.24, 2.45) is 0 Å². The number of hydrogen-bond donors (Lipinski definition) is 0. The second-order valence-electron chi connectivity index (χ2n) is 4.98. The molecule has 2 aromatic rings. The van der Waals surface area contributed by atoms with Crippen molar-refractivity contribution < 1.29 is 23.9 Å². The fourth-order valence-electron chi connectivity index (χ4n) is 2.34. The van der Waals surface area contributed by atoms with Crippen molar-refractivity contribution in [2.75, 3.05) is 28.4 Å². The number of nitro benzene ring substituents is 1. The molecule has 0 aliphatic heterocycles. The second kappa shape index (κ2) is 8.05. The summed E-state index contributed by atoms with van der Waals surface area (Å²) < 4.78 is 21.0. The summed E-state index contributed by atoms with van der Waals surface area (Å²) in [7, 11) is 6.03. The van der Waals surface area contributed by atoms with Crippen molar-refractivity contribution in [3.05, 3.63) is 51.6 Å². The summed E-state index contributed by atoms with van der Waals surface area (Å²) in [4.78, 5) is 10.5. The summed E-state index contributed by atoms with van der Waals surface area (Å²) in [6, 6.07) is 8.27. The molecule has 132 valence electrons. The van der Waals surface area contributed by atoms with Crippen molar-refractivity contribution in [3.8, 4) is 23.0 Å². The van der Waals surface area contributed by atoms with Gasteiger partial charge in [-0.1, -0.05) is 12.2 Å². The van der Waals surface area contributed by atoms with Gasteiger partial charge in [0, 0.05) is 6.07 Å². The molecule has 7 nitrogen and oxygen atoms in total. The molecule has 0 fully saturated rings. The molecule has 7 heteroatoms.